The van der Waals surface area contributed by atoms with E-state index in [0.29, 0.717) is 6.54 Å². The number of benzene rings is 2. The van der Waals surface area contributed by atoms with E-state index in [2.05, 4.69) is 33.2 Å². The van der Waals surface area contributed by atoms with Crippen LogP contribution in [0.3, 0.4) is 0 Å². The molecule has 0 aliphatic carbocycles. The molecule has 0 aromatic heterocycles. The molecule has 0 heterocycles. The average molecular weight is 366 g/mol. The van der Waals surface area contributed by atoms with Gasteiger partial charge in [-0.25, -0.2) is 0 Å². The molecule has 3 nitrogen and oxygen atoms in total. The first-order chi connectivity index (χ1) is 9.25. The minimum Gasteiger partial charge on any atom is -0.375 e. The molecule has 0 aliphatic heterocycles. The van der Waals surface area contributed by atoms with Crippen LogP contribution in [0.15, 0.2) is 54.6 Å². The van der Waals surface area contributed by atoms with Crippen LogP contribution in [0, 0.1) is 3.57 Å². The molecular weight excluding hydrogens is 351 g/mol. The van der Waals surface area contributed by atoms with Crippen molar-refractivity contribution in [2.24, 2.45) is 0 Å². The molecule has 0 saturated carbocycles. The van der Waals surface area contributed by atoms with Crippen LogP contribution >= 0.6 is 22.6 Å². The Morgan fingerprint density at radius 3 is 2.42 bits per heavy atom. The number of rotatable bonds is 5. The highest BCUT2D eigenvalue weighted by molar-refractivity contribution is 14.1. The first-order valence-corrected chi connectivity index (χ1v) is 7.12. The summed E-state index contributed by atoms with van der Waals surface area (Å²) in [5, 5.41) is 6.01. The van der Waals surface area contributed by atoms with Gasteiger partial charge in [-0.15, -0.1) is 0 Å². The Morgan fingerprint density at radius 2 is 1.68 bits per heavy atom. The third kappa shape index (κ3) is 4.55. The molecule has 0 saturated heterocycles. The van der Waals surface area contributed by atoms with Crippen LogP contribution in [-0.2, 0) is 11.3 Å². The first kappa shape index (κ1) is 13.9. The van der Waals surface area contributed by atoms with Crippen LogP contribution in [-0.4, -0.2) is 12.5 Å². The molecule has 0 radical (unpaired) electrons. The van der Waals surface area contributed by atoms with E-state index < -0.39 is 0 Å². The maximum Gasteiger partial charge on any atom is 0.239 e. The molecule has 2 aromatic carbocycles. The summed E-state index contributed by atoms with van der Waals surface area (Å²) in [5.41, 5.74) is 2.09. The first-order valence-electron chi connectivity index (χ1n) is 6.05. The molecule has 2 rings (SSSR count). The quantitative estimate of drug-likeness (QED) is 0.799. The fraction of sp³-hybridized carbons (Fsp3) is 0.133. The predicted octanol–water partition coefficient (Wildman–Crippen LogP) is 3.02. The van der Waals surface area contributed by atoms with Crippen molar-refractivity contribution in [1.29, 1.82) is 0 Å². The fourth-order valence-corrected chi connectivity index (χ4v) is 2.22. The Morgan fingerprint density at radius 1 is 1.00 bits per heavy atom. The van der Waals surface area contributed by atoms with Gasteiger partial charge in [0.2, 0.25) is 5.91 Å². The number of carbonyl (C=O) groups excluding carboxylic acids is 1. The van der Waals surface area contributed by atoms with Gasteiger partial charge in [0.1, 0.15) is 0 Å². The van der Waals surface area contributed by atoms with Crippen molar-refractivity contribution in [3.05, 3.63) is 63.7 Å². The van der Waals surface area contributed by atoms with Gasteiger partial charge >= 0.3 is 0 Å². The van der Waals surface area contributed by atoms with E-state index in [-0.39, 0.29) is 12.5 Å². The Labute approximate surface area is 126 Å². The number of halogens is 1. The molecule has 0 aliphatic rings. The highest BCUT2D eigenvalue weighted by Gasteiger charge is 2.02. The molecule has 4 heteroatoms. The Balaban J connectivity index is 1.78. The van der Waals surface area contributed by atoms with Crippen molar-refractivity contribution in [3.8, 4) is 0 Å². The summed E-state index contributed by atoms with van der Waals surface area (Å²) < 4.78 is 1.11. The predicted molar refractivity (Wildman–Crippen MR) is 85.9 cm³/mol. The minimum absolute atomic E-state index is 0.0106. The van der Waals surface area contributed by atoms with E-state index in [0.717, 1.165) is 14.8 Å². The Bertz CT molecular complexity index is 543. The van der Waals surface area contributed by atoms with Crippen molar-refractivity contribution in [2.75, 3.05) is 11.9 Å². The van der Waals surface area contributed by atoms with Crippen molar-refractivity contribution < 1.29 is 4.79 Å². The van der Waals surface area contributed by atoms with E-state index in [1.54, 1.807) is 0 Å². The SMILES string of the molecule is O=C(CNc1ccccc1I)NCc1ccccc1. The van der Waals surface area contributed by atoms with E-state index in [4.69, 9.17) is 0 Å². The maximum atomic E-state index is 11.7. The second kappa shape index (κ2) is 7.13. The summed E-state index contributed by atoms with van der Waals surface area (Å²) in [6.07, 6.45) is 0. The van der Waals surface area contributed by atoms with Crippen molar-refractivity contribution >= 4 is 34.2 Å². The highest BCUT2D eigenvalue weighted by Crippen LogP contribution is 2.16. The van der Waals surface area contributed by atoms with Crippen LogP contribution in [0.5, 0.6) is 0 Å². The van der Waals surface area contributed by atoms with E-state index in [1.807, 2.05) is 54.6 Å². The molecule has 19 heavy (non-hydrogen) atoms. The third-order valence-corrected chi connectivity index (χ3v) is 3.59. The summed E-state index contributed by atoms with van der Waals surface area (Å²) in [4.78, 5) is 11.7. The zero-order valence-electron chi connectivity index (χ0n) is 10.4. The lowest BCUT2D eigenvalue weighted by Crippen LogP contribution is -2.29. The number of amides is 1. The van der Waals surface area contributed by atoms with Crippen LogP contribution in [0.4, 0.5) is 5.69 Å². The Kier molecular flexibility index (Phi) is 5.20. The van der Waals surface area contributed by atoms with Gasteiger partial charge in [-0.05, 0) is 40.3 Å². The summed E-state index contributed by atoms with van der Waals surface area (Å²) in [5.74, 6) is -0.0106. The topological polar surface area (TPSA) is 41.1 Å². The number of hydrogen-bond acceptors (Lipinski definition) is 2. The second-order valence-corrected chi connectivity index (χ2v) is 5.26. The Hall–Kier alpha value is -1.56. The van der Waals surface area contributed by atoms with Crippen LogP contribution in [0.1, 0.15) is 5.56 Å². The normalized spacial score (nSPS) is 9.95. The van der Waals surface area contributed by atoms with Crippen LogP contribution in [0.25, 0.3) is 0 Å². The van der Waals surface area contributed by atoms with Gasteiger partial charge in [0.15, 0.2) is 0 Å². The van der Waals surface area contributed by atoms with E-state index in [1.165, 1.54) is 0 Å². The minimum atomic E-state index is -0.0106. The zero-order chi connectivity index (χ0) is 13.5. The van der Waals surface area contributed by atoms with E-state index >= 15 is 0 Å². The average Bonchev–Trinajstić information content (AvgIpc) is 2.45. The smallest absolute Gasteiger partial charge is 0.239 e. The van der Waals surface area contributed by atoms with Crippen molar-refractivity contribution in [3.63, 3.8) is 0 Å². The van der Waals surface area contributed by atoms with Gasteiger partial charge in [-0.3, -0.25) is 4.79 Å². The summed E-state index contributed by atoms with van der Waals surface area (Å²) in [6, 6.07) is 17.8. The van der Waals surface area contributed by atoms with Crippen LogP contribution < -0.4 is 10.6 Å². The largest absolute Gasteiger partial charge is 0.375 e. The molecule has 0 atom stereocenters. The lowest BCUT2D eigenvalue weighted by atomic mass is 10.2. The number of para-hydroxylation sites is 1. The zero-order valence-corrected chi connectivity index (χ0v) is 12.6. The van der Waals surface area contributed by atoms with Crippen LogP contribution in [0.2, 0.25) is 0 Å². The molecule has 2 N–H and O–H groups in total. The van der Waals surface area contributed by atoms with Gasteiger partial charge in [0.05, 0.1) is 6.54 Å². The van der Waals surface area contributed by atoms with Gasteiger partial charge in [0.25, 0.3) is 0 Å². The van der Waals surface area contributed by atoms with Gasteiger partial charge in [0, 0.05) is 15.8 Å². The number of anilines is 1. The van der Waals surface area contributed by atoms with Gasteiger partial charge in [-0.1, -0.05) is 42.5 Å². The molecule has 0 fully saturated rings. The third-order valence-electron chi connectivity index (χ3n) is 2.65. The van der Waals surface area contributed by atoms with Gasteiger partial charge < -0.3 is 10.6 Å². The summed E-state index contributed by atoms with van der Waals surface area (Å²) in [7, 11) is 0. The number of hydrogen-bond donors (Lipinski definition) is 2. The lowest BCUT2D eigenvalue weighted by molar-refractivity contribution is -0.119. The fourth-order valence-electron chi connectivity index (χ4n) is 1.64. The molecule has 1 amide bonds. The second-order valence-electron chi connectivity index (χ2n) is 4.10. The van der Waals surface area contributed by atoms with Crippen molar-refractivity contribution in [2.45, 2.75) is 6.54 Å². The maximum absolute atomic E-state index is 11.7. The molecule has 0 spiro atoms. The summed E-state index contributed by atoms with van der Waals surface area (Å²) in [6.45, 7) is 0.847. The monoisotopic (exact) mass is 366 g/mol. The molecule has 0 bridgehead atoms. The summed E-state index contributed by atoms with van der Waals surface area (Å²) >= 11 is 2.24. The number of nitrogens with one attached hydrogen (secondary N) is 2. The molecule has 2 aromatic rings. The molecular formula is C15H15IN2O. The van der Waals surface area contributed by atoms with E-state index in [9.17, 15) is 4.79 Å². The molecule has 98 valence electrons. The highest BCUT2D eigenvalue weighted by atomic mass is 127. The standard InChI is InChI=1S/C15H15IN2O/c16-13-8-4-5-9-14(13)17-11-15(19)18-10-12-6-2-1-3-7-12/h1-9,17H,10-11H2,(H,18,19). The molecule has 0 unspecified atom stereocenters. The van der Waals surface area contributed by atoms with Crippen molar-refractivity contribution in [1.82, 2.24) is 5.32 Å². The number of carbonyl (C=O) groups is 1. The lowest BCUT2D eigenvalue weighted by Gasteiger charge is -2.09. The van der Waals surface area contributed by atoms with Gasteiger partial charge in [-0.2, -0.15) is 0 Å².